The van der Waals surface area contributed by atoms with Crippen molar-refractivity contribution < 1.29 is 23.9 Å². The van der Waals surface area contributed by atoms with Crippen molar-refractivity contribution in [3.63, 3.8) is 0 Å². The number of piperidine rings is 1. The Kier molecular flexibility index (Phi) is 7.14. The van der Waals surface area contributed by atoms with Crippen LogP contribution in [-0.2, 0) is 4.74 Å². The number of H-pyrrole nitrogens is 1. The zero-order valence-electron chi connectivity index (χ0n) is 23.2. The summed E-state index contributed by atoms with van der Waals surface area (Å²) in [6.45, 7) is 6.68. The number of nitrogens with zero attached hydrogens (tertiary/aromatic N) is 1. The maximum atomic E-state index is 13.4. The molecular weight excluding hydrogens is 508 g/mol. The summed E-state index contributed by atoms with van der Waals surface area (Å²) in [5.41, 5.74) is 9.41. The fourth-order valence-electron chi connectivity index (χ4n) is 5.15. The third kappa shape index (κ3) is 5.59. The van der Waals surface area contributed by atoms with Crippen LogP contribution in [0.2, 0.25) is 0 Å². The van der Waals surface area contributed by atoms with Gasteiger partial charge in [0, 0.05) is 53.3 Å². The van der Waals surface area contributed by atoms with Crippen LogP contribution in [0.25, 0.3) is 32.9 Å². The van der Waals surface area contributed by atoms with Crippen molar-refractivity contribution in [3.05, 3.63) is 65.7 Å². The number of fused-ring (bicyclic) bond motifs is 3. The molecule has 9 heteroatoms. The molecule has 1 aromatic heterocycles. The number of ether oxygens (including phenoxy) is 2. The summed E-state index contributed by atoms with van der Waals surface area (Å²) < 4.78 is 10.9. The summed E-state index contributed by atoms with van der Waals surface area (Å²) in [7, 11) is 1.61. The molecule has 5 rings (SSSR count). The van der Waals surface area contributed by atoms with Gasteiger partial charge in [0.2, 0.25) is 0 Å². The molecule has 0 saturated carbocycles. The molecular formula is C31H34N4O5. The number of alkyl carbamates (subject to hydrolysis) is 1. The molecule has 1 aliphatic rings. The van der Waals surface area contributed by atoms with Crippen LogP contribution in [0, 0.1) is 0 Å². The van der Waals surface area contributed by atoms with Gasteiger partial charge in [-0.15, -0.1) is 0 Å². The number of aromatic amines is 1. The van der Waals surface area contributed by atoms with Crippen LogP contribution in [0.5, 0.6) is 5.75 Å². The number of primary amides is 1. The number of amides is 3. The maximum absolute atomic E-state index is 13.4. The standard InChI is InChI=1S/C31H34N4O5/c1-31(2,3)34-30(38)40-21-10-12-35(13-11-21)29(37)19-8-9-23-24-15-20(18-6-5-7-22(14-18)39-4)16-25(28(32)36)27(24)33-26(23)17-19/h5-9,14-17,21,33H,10-13H2,1-4H3,(H2,32,36)(H,34,38). The van der Waals surface area contributed by atoms with Crippen molar-refractivity contribution in [1.82, 2.24) is 15.2 Å². The van der Waals surface area contributed by atoms with E-state index in [1.54, 1.807) is 24.1 Å². The number of benzene rings is 3. The molecule has 0 aliphatic carbocycles. The molecule has 0 spiro atoms. The summed E-state index contributed by atoms with van der Waals surface area (Å²) in [5.74, 6) is 0.0771. The van der Waals surface area contributed by atoms with Gasteiger partial charge in [0.25, 0.3) is 11.8 Å². The topological polar surface area (TPSA) is 127 Å². The second-order valence-corrected chi connectivity index (χ2v) is 11.2. The van der Waals surface area contributed by atoms with E-state index in [2.05, 4.69) is 10.3 Å². The minimum Gasteiger partial charge on any atom is -0.497 e. The van der Waals surface area contributed by atoms with Crippen LogP contribution in [0.4, 0.5) is 4.79 Å². The molecule has 0 unspecified atom stereocenters. The Bertz CT molecular complexity index is 1610. The van der Waals surface area contributed by atoms with Crippen LogP contribution in [0.3, 0.4) is 0 Å². The summed E-state index contributed by atoms with van der Waals surface area (Å²) in [4.78, 5) is 43.0. The van der Waals surface area contributed by atoms with Crippen LogP contribution < -0.4 is 15.8 Å². The lowest BCUT2D eigenvalue weighted by atomic mass is 9.98. The third-order valence-electron chi connectivity index (χ3n) is 7.10. The number of aromatic nitrogens is 1. The Morgan fingerprint density at radius 1 is 0.975 bits per heavy atom. The second kappa shape index (κ2) is 10.6. The van der Waals surface area contributed by atoms with E-state index >= 15 is 0 Å². The number of nitrogens with two attached hydrogens (primary N) is 1. The molecule has 2 heterocycles. The van der Waals surface area contributed by atoms with Crippen molar-refractivity contribution in [2.75, 3.05) is 20.2 Å². The minimum atomic E-state index is -0.543. The zero-order valence-corrected chi connectivity index (χ0v) is 23.2. The molecule has 4 aromatic rings. The van der Waals surface area contributed by atoms with Crippen LogP contribution >= 0.6 is 0 Å². The van der Waals surface area contributed by atoms with E-state index in [9.17, 15) is 14.4 Å². The average Bonchev–Trinajstić information content (AvgIpc) is 3.29. The highest BCUT2D eigenvalue weighted by molar-refractivity contribution is 6.17. The van der Waals surface area contributed by atoms with Crippen molar-refractivity contribution >= 4 is 39.7 Å². The molecule has 1 aliphatic heterocycles. The molecule has 1 saturated heterocycles. The van der Waals surface area contributed by atoms with E-state index in [4.69, 9.17) is 15.2 Å². The SMILES string of the molecule is COc1cccc(-c2cc(C(N)=O)c3[nH]c4cc(C(=O)N5CCC(OC(=O)NC(C)(C)C)CC5)ccc4c3c2)c1. The van der Waals surface area contributed by atoms with Gasteiger partial charge < -0.3 is 30.4 Å². The first-order valence-corrected chi connectivity index (χ1v) is 13.3. The van der Waals surface area contributed by atoms with Gasteiger partial charge in [0.1, 0.15) is 11.9 Å². The third-order valence-corrected chi connectivity index (χ3v) is 7.10. The number of rotatable bonds is 5. The van der Waals surface area contributed by atoms with Gasteiger partial charge in [-0.1, -0.05) is 18.2 Å². The first-order valence-electron chi connectivity index (χ1n) is 13.3. The van der Waals surface area contributed by atoms with Gasteiger partial charge in [0.15, 0.2) is 0 Å². The Labute approximate surface area is 232 Å². The number of likely N-dealkylation sites (tertiary alicyclic amines) is 1. The van der Waals surface area contributed by atoms with Crippen LogP contribution in [0.15, 0.2) is 54.6 Å². The average molecular weight is 543 g/mol. The van der Waals surface area contributed by atoms with Crippen LogP contribution in [-0.4, -0.2) is 59.6 Å². The van der Waals surface area contributed by atoms with Gasteiger partial charge in [-0.2, -0.15) is 0 Å². The summed E-state index contributed by atoms with van der Waals surface area (Å²) in [5, 5.41) is 4.53. The van der Waals surface area contributed by atoms with Gasteiger partial charge >= 0.3 is 6.09 Å². The van der Waals surface area contributed by atoms with Crippen molar-refractivity contribution in [2.45, 2.75) is 45.3 Å². The summed E-state index contributed by atoms with van der Waals surface area (Å²) >= 11 is 0. The number of carbonyl (C=O) groups excluding carboxylic acids is 3. The molecule has 3 amide bonds. The Morgan fingerprint density at radius 3 is 2.40 bits per heavy atom. The van der Waals surface area contributed by atoms with E-state index in [1.165, 1.54) is 0 Å². The number of nitrogens with one attached hydrogen (secondary N) is 2. The number of hydrogen-bond donors (Lipinski definition) is 3. The Balaban J connectivity index is 1.39. The highest BCUT2D eigenvalue weighted by Crippen LogP contribution is 2.34. The molecule has 0 atom stereocenters. The molecule has 1 fully saturated rings. The van der Waals surface area contributed by atoms with Crippen molar-refractivity contribution in [3.8, 4) is 16.9 Å². The lowest BCUT2D eigenvalue weighted by molar-refractivity contribution is 0.0404. The lowest BCUT2D eigenvalue weighted by Crippen LogP contribution is -2.45. The van der Waals surface area contributed by atoms with Crippen molar-refractivity contribution in [1.29, 1.82) is 0 Å². The first-order chi connectivity index (χ1) is 19.0. The predicted molar refractivity (Wildman–Crippen MR) is 155 cm³/mol. The monoisotopic (exact) mass is 542 g/mol. The number of carbonyl (C=O) groups is 3. The highest BCUT2D eigenvalue weighted by atomic mass is 16.6. The highest BCUT2D eigenvalue weighted by Gasteiger charge is 2.27. The van der Waals surface area contributed by atoms with Gasteiger partial charge in [0.05, 0.1) is 18.2 Å². The van der Waals surface area contributed by atoms with E-state index in [-0.39, 0.29) is 17.6 Å². The molecule has 0 radical (unpaired) electrons. The van der Waals surface area contributed by atoms with E-state index in [0.29, 0.717) is 48.3 Å². The van der Waals surface area contributed by atoms with Gasteiger partial charge in [-0.05, 0) is 68.3 Å². The van der Waals surface area contributed by atoms with E-state index < -0.39 is 12.0 Å². The van der Waals surface area contributed by atoms with Crippen molar-refractivity contribution in [2.24, 2.45) is 5.73 Å². The second-order valence-electron chi connectivity index (χ2n) is 11.2. The Morgan fingerprint density at radius 2 is 1.73 bits per heavy atom. The molecule has 4 N–H and O–H groups in total. The molecule has 208 valence electrons. The predicted octanol–water partition coefficient (Wildman–Crippen LogP) is 5.22. The quantitative estimate of drug-likeness (QED) is 0.319. The Hall–Kier alpha value is -4.53. The fourth-order valence-corrected chi connectivity index (χ4v) is 5.15. The number of methoxy groups -OCH3 is 1. The summed E-state index contributed by atoms with van der Waals surface area (Å²) in [6.07, 6.45) is 0.486. The minimum absolute atomic E-state index is 0.0923. The van der Waals surface area contributed by atoms with Crippen LogP contribution in [0.1, 0.15) is 54.3 Å². The first kappa shape index (κ1) is 27.1. The maximum Gasteiger partial charge on any atom is 0.407 e. The normalized spacial score (nSPS) is 14.3. The lowest BCUT2D eigenvalue weighted by Gasteiger charge is -2.32. The molecule has 3 aromatic carbocycles. The molecule has 40 heavy (non-hydrogen) atoms. The number of hydrogen-bond acceptors (Lipinski definition) is 5. The summed E-state index contributed by atoms with van der Waals surface area (Å²) in [6, 6.07) is 16.9. The van der Waals surface area contributed by atoms with Gasteiger partial charge in [-0.25, -0.2) is 4.79 Å². The van der Waals surface area contributed by atoms with E-state index in [0.717, 1.165) is 27.4 Å². The van der Waals surface area contributed by atoms with Gasteiger partial charge in [-0.3, -0.25) is 9.59 Å². The van der Waals surface area contributed by atoms with E-state index in [1.807, 2.05) is 63.2 Å². The smallest absolute Gasteiger partial charge is 0.407 e. The molecule has 0 bridgehead atoms. The zero-order chi connectivity index (χ0) is 28.6. The fraction of sp³-hybridized carbons (Fsp3) is 0.323. The molecule has 9 nitrogen and oxygen atoms in total. The largest absolute Gasteiger partial charge is 0.497 e.